The van der Waals surface area contributed by atoms with E-state index in [0.717, 1.165) is 36.1 Å². The van der Waals surface area contributed by atoms with Crippen molar-refractivity contribution in [3.63, 3.8) is 0 Å². The number of fused-ring (bicyclic) bond motifs is 2. The minimum atomic E-state index is -0.534. The molecule has 0 N–H and O–H groups in total. The molecule has 3 aliphatic heterocycles. The van der Waals surface area contributed by atoms with Gasteiger partial charge in [-0.1, -0.05) is 24.8 Å². The summed E-state index contributed by atoms with van der Waals surface area (Å²) in [6, 6.07) is 7.92. The highest BCUT2D eigenvalue weighted by molar-refractivity contribution is 5.92. The van der Waals surface area contributed by atoms with Crippen LogP contribution in [0.2, 0.25) is 0 Å². The molecular weight excluding hydrogens is 537 g/mol. The van der Waals surface area contributed by atoms with Crippen molar-refractivity contribution in [1.29, 1.82) is 5.26 Å². The van der Waals surface area contributed by atoms with Gasteiger partial charge in [-0.05, 0) is 50.1 Å². The molecular formula is C31H34FN7O3. The molecule has 2 atom stereocenters. The summed E-state index contributed by atoms with van der Waals surface area (Å²) in [5.74, 6) is -0.279. The number of pyridine rings is 1. The van der Waals surface area contributed by atoms with Gasteiger partial charge in [0.1, 0.15) is 23.6 Å². The second kappa shape index (κ2) is 12.0. The normalized spacial score (nSPS) is 20.8. The molecule has 0 unspecified atom stereocenters. The molecule has 0 aliphatic carbocycles. The lowest BCUT2D eigenvalue weighted by atomic mass is 9.94. The van der Waals surface area contributed by atoms with E-state index in [1.807, 2.05) is 23.1 Å². The van der Waals surface area contributed by atoms with Crippen LogP contribution in [0, 0.1) is 17.1 Å². The molecule has 0 bridgehead atoms. The fraction of sp³-hybridized carbons (Fsp3) is 0.452. The number of ether oxygens (including phenoxy) is 2. The number of aromatic nitrogens is 3. The molecule has 2 saturated heterocycles. The van der Waals surface area contributed by atoms with Gasteiger partial charge in [-0.2, -0.15) is 15.2 Å². The minimum absolute atomic E-state index is 0.0961. The first-order chi connectivity index (χ1) is 20.5. The largest absolute Gasteiger partial charge is 0.462 e. The number of benzene rings is 1. The van der Waals surface area contributed by atoms with Gasteiger partial charge in [0.25, 0.3) is 0 Å². The summed E-state index contributed by atoms with van der Waals surface area (Å²) in [6.45, 7) is 7.22. The number of carbonyl (C=O) groups is 1. The maximum atomic E-state index is 16.5. The fourth-order valence-electron chi connectivity index (χ4n) is 6.25. The van der Waals surface area contributed by atoms with Gasteiger partial charge in [0.05, 0.1) is 37.1 Å². The Morgan fingerprint density at radius 2 is 2.17 bits per heavy atom. The van der Waals surface area contributed by atoms with E-state index >= 15 is 4.39 Å². The first-order valence-electron chi connectivity index (χ1n) is 14.4. The Labute approximate surface area is 244 Å². The van der Waals surface area contributed by atoms with Crippen LogP contribution in [-0.2, 0) is 22.6 Å². The third-order valence-electron chi connectivity index (χ3n) is 8.57. The summed E-state index contributed by atoms with van der Waals surface area (Å²) >= 11 is 0. The quantitative estimate of drug-likeness (QED) is 0.394. The van der Waals surface area contributed by atoms with Crippen molar-refractivity contribution in [2.24, 2.45) is 0 Å². The molecule has 42 heavy (non-hydrogen) atoms. The number of halogens is 1. The summed E-state index contributed by atoms with van der Waals surface area (Å²) in [5.41, 5.74) is 3.16. The van der Waals surface area contributed by atoms with Crippen molar-refractivity contribution in [3.05, 3.63) is 54.0 Å². The van der Waals surface area contributed by atoms with E-state index in [-0.39, 0.29) is 41.6 Å². The molecule has 3 aromatic rings. The summed E-state index contributed by atoms with van der Waals surface area (Å²) in [6.07, 6.45) is 5.82. The lowest BCUT2D eigenvalue weighted by Gasteiger charge is -2.41. The number of nitriles is 1. The van der Waals surface area contributed by atoms with Crippen molar-refractivity contribution in [1.82, 2.24) is 24.8 Å². The van der Waals surface area contributed by atoms with Crippen LogP contribution in [0.25, 0.3) is 22.2 Å². The van der Waals surface area contributed by atoms with Crippen LogP contribution in [0.15, 0.2) is 37.1 Å². The van der Waals surface area contributed by atoms with Crippen LogP contribution in [-0.4, -0.2) is 89.2 Å². The summed E-state index contributed by atoms with van der Waals surface area (Å²) in [7, 11) is 2.07. The lowest BCUT2D eigenvalue weighted by molar-refractivity contribution is -0.128. The van der Waals surface area contributed by atoms with Crippen molar-refractivity contribution < 1.29 is 18.7 Å². The van der Waals surface area contributed by atoms with Crippen LogP contribution in [0.1, 0.15) is 30.4 Å². The lowest BCUT2D eigenvalue weighted by Crippen LogP contribution is -2.55. The molecule has 1 amide bonds. The van der Waals surface area contributed by atoms with Gasteiger partial charge in [-0.3, -0.25) is 9.78 Å². The standard InChI is InChI=1S/C31H34FN7O3/c1-3-26(40)39-14-13-38(17-21(39)9-11-33)30-25-16-34-28(24-8-4-6-20-18-41-15-10-23(20)24)27(32)29(25)35-31(36-30)42-19-22-7-5-12-37(22)2/h3-4,6,8,16,21-22H,1,5,7,9-10,12-15,17-19H2,2H3/t21-,22-/m0/s1. The smallest absolute Gasteiger partial charge is 0.319 e. The topological polar surface area (TPSA) is 108 Å². The van der Waals surface area contributed by atoms with Gasteiger partial charge in [0.15, 0.2) is 5.82 Å². The van der Waals surface area contributed by atoms with E-state index in [0.29, 0.717) is 57.1 Å². The molecule has 10 nitrogen and oxygen atoms in total. The number of carbonyl (C=O) groups excluding carboxylic acids is 1. The molecule has 11 heteroatoms. The first kappa shape index (κ1) is 28.0. The number of likely N-dealkylation sites (N-methyl/N-ethyl adjacent to an activating group) is 1. The van der Waals surface area contributed by atoms with Gasteiger partial charge >= 0.3 is 6.01 Å². The Balaban J connectivity index is 1.42. The van der Waals surface area contributed by atoms with Crippen molar-refractivity contribution in [2.75, 3.05) is 51.3 Å². The molecule has 1 aromatic carbocycles. The Bertz CT molecular complexity index is 1560. The number of anilines is 1. The second-order valence-electron chi connectivity index (χ2n) is 11.0. The van der Waals surface area contributed by atoms with E-state index < -0.39 is 5.82 Å². The zero-order chi connectivity index (χ0) is 29.2. The SMILES string of the molecule is C=CC(=O)N1CCN(c2nc(OC[C@@H]3CCCN3C)nc3c(F)c(-c4cccc5c4CCOC5)ncc23)C[C@@H]1CC#N. The van der Waals surface area contributed by atoms with E-state index in [4.69, 9.17) is 14.5 Å². The molecule has 0 spiro atoms. The average molecular weight is 572 g/mol. The predicted octanol–water partition coefficient (Wildman–Crippen LogP) is 3.49. The third-order valence-corrected chi connectivity index (χ3v) is 8.57. The number of piperazine rings is 1. The molecule has 6 rings (SSSR count). The third kappa shape index (κ3) is 5.28. The Kier molecular flexibility index (Phi) is 8.00. The number of hydrogen-bond donors (Lipinski definition) is 0. The van der Waals surface area contributed by atoms with Crippen molar-refractivity contribution >= 4 is 22.6 Å². The Morgan fingerprint density at radius 1 is 1.29 bits per heavy atom. The monoisotopic (exact) mass is 571 g/mol. The molecule has 2 aromatic heterocycles. The van der Waals surface area contributed by atoms with Crippen LogP contribution >= 0.6 is 0 Å². The maximum Gasteiger partial charge on any atom is 0.319 e. The second-order valence-corrected chi connectivity index (χ2v) is 11.0. The molecule has 0 saturated carbocycles. The van der Waals surface area contributed by atoms with Gasteiger partial charge < -0.3 is 24.2 Å². The van der Waals surface area contributed by atoms with Crippen LogP contribution in [0.4, 0.5) is 10.2 Å². The minimum Gasteiger partial charge on any atom is -0.462 e. The highest BCUT2D eigenvalue weighted by Crippen LogP contribution is 2.36. The molecule has 218 valence electrons. The Hall–Kier alpha value is -4.14. The maximum absolute atomic E-state index is 16.5. The molecule has 3 aliphatic rings. The number of hydrogen-bond acceptors (Lipinski definition) is 9. The zero-order valence-corrected chi connectivity index (χ0v) is 23.8. The van der Waals surface area contributed by atoms with Gasteiger partial charge in [-0.25, -0.2) is 4.39 Å². The van der Waals surface area contributed by atoms with E-state index in [9.17, 15) is 10.1 Å². The van der Waals surface area contributed by atoms with Gasteiger partial charge in [-0.15, -0.1) is 0 Å². The van der Waals surface area contributed by atoms with Crippen LogP contribution < -0.4 is 9.64 Å². The summed E-state index contributed by atoms with van der Waals surface area (Å²) < 4.78 is 28.2. The fourth-order valence-corrected chi connectivity index (χ4v) is 6.25. The van der Waals surface area contributed by atoms with E-state index in [2.05, 4.69) is 34.6 Å². The highest BCUT2D eigenvalue weighted by atomic mass is 19.1. The zero-order valence-electron chi connectivity index (χ0n) is 23.8. The van der Waals surface area contributed by atoms with Crippen LogP contribution in [0.3, 0.4) is 0 Å². The first-order valence-corrected chi connectivity index (χ1v) is 14.4. The predicted molar refractivity (Wildman–Crippen MR) is 155 cm³/mol. The molecule has 5 heterocycles. The van der Waals surface area contributed by atoms with Crippen molar-refractivity contribution in [2.45, 2.75) is 44.4 Å². The van der Waals surface area contributed by atoms with E-state index in [1.54, 1.807) is 11.1 Å². The van der Waals surface area contributed by atoms with Gasteiger partial charge in [0, 0.05) is 37.4 Å². The average Bonchev–Trinajstić information content (AvgIpc) is 3.44. The molecule has 2 fully saturated rings. The molecule has 0 radical (unpaired) electrons. The number of nitrogens with zero attached hydrogens (tertiary/aromatic N) is 7. The summed E-state index contributed by atoms with van der Waals surface area (Å²) in [4.78, 5) is 32.3. The Morgan fingerprint density at radius 3 is 2.95 bits per heavy atom. The van der Waals surface area contributed by atoms with Gasteiger partial charge in [0.2, 0.25) is 5.91 Å². The number of rotatable bonds is 7. The van der Waals surface area contributed by atoms with Crippen molar-refractivity contribution in [3.8, 4) is 23.3 Å². The van der Waals surface area contributed by atoms with E-state index in [1.165, 1.54) is 6.08 Å². The highest BCUT2D eigenvalue weighted by Gasteiger charge is 2.32. The number of amides is 1. The summed E-state index contributed by atoms with van der Waals surface area (Å²) in [5, 5.41) is 9.92. The number of likely N-dealkylation sites (tertiary alicyclic amines) is 1. The van der Waals surface area contributed by atoms with Crippen LogP contribution in [0.5, 0.6) is 6.01 Å².